The van der Waals surface area contributed by atoms with Crippen LogP contribution < -0.4 is 0 Å². The molecule has 0 saturated heterocycles. The minimum absolute atomic E-state index is 0.415. The molecule has 1 rings (SSSR count). The van der Waals surface area contributed by atoms with E-state index in [0.717, 1.165) is 11.8 Å². The Bertz CT molecular complexity index is 328. The third-order valence-corrected chi connectivity index (χ3v) is 2.21. The molecular weight excluding hydrogens is 188 g/mol. The van der Waals surface area contributed by atoms with Gasteiger partial charge >= 0.3 is 0 Å². The Morgan fingerprint density at radius 1 is 1.40 bits per heavy atom. The van der Waals surface area contributed by atoms with E-state index in [1.165, 1.54) is 0 Å². The number of allylic oxidation sites excluding steroid dienone is 1. The van der Waals surface area contributed by atoms with Gasteiger partial charge in [-0.2, -0.15) is 0 Å². The summed E-state index contributed by atoms with van der Waals surface area (Å²) < 4.78 is 0. The Balaban J connectivity index is 2.43. The molecule has 2 heteroatoms. The van der Waals surface area contributed by atoms with Crippen LogP contribution in [0.25, 0.3) is 0 Å². The van der Waals surface area contributed by atoms with Gasteiger partial charge in [0.25, 0.3) is 0 Å². The van der Waals surface area contributed by atoms with E-state index < -0.39 is 6.10 Å². The van der Waals surface area contributed by atoms with Gasteiger partial charge in [0.05, 0.1) is 6.10 Å². The molecule has 1 aromatic rings. The molecule has 1 aromatic carbocycles. The van der Waals surface area contributed by atoms with E-state index >= 15 is 0 Å². The number of aldehydes is 1. The summed E-state index contributed by atoms with van der Waals surface area (Å²) in [6.07, 6.45) is 3.31. The number of hydrogen-bond acceptors (Lipinski definition) is 2. The smallest absolute Gasteiger partial charge is 0.145 e. The average molecular weight is 204 g/mol. The molecule has 2 nitrogen and oxygen atoms in total. The molecule has 0 unspecified atom stereocenters. The molecule has 0 amide bonds. The van der Waals surface area contributed by atoms with Gasteiger partial charge < -0.3 is 5.11 Å². The first-order valence-corrected chi connectivity index (χ1v) is 5.06. The van der Waals surface area contributed by atoms with Crippen LogP contribution in [-0.2, 0) is 11.2 Å². The lowest BCUT2D eigenvalue weighted by Gasteiger charge is -2.07. The fourth-order valence-electron chi connectivity index (χ4n) is 1.34. The first-order chi connectivity index (χ1) is 7.22. The van der Waals surface area contributed by atoms with Crippen LogP contribution in [0.1, 0.15) is 18.9 Å². The Kier molecular flexibility index (Phi) is 4.78. The summed E-state index contributed by atoms with van der Waals surface area (Å²) in [7, 11) is 0. The fraction of sp³-hybridized carbons (Fsp3) is 0.308. The van der Waals surface area contributed by atoms with E-state index in [2.05, 4.69) is 0 Å². The molecule has 1 atom stereocenters. The van der Waals surface area contributed by atoms with Crippen molar-refractivity contribution in [1.29, 1.82) is 0 Å². The first kappa shape index (κ1) is 11.7. The summed E-state index contributed by atoms with van der Waals surface area (Å²) in [4.78, 5) is 10.3. The lowest BCUT2D eigenvalue weighted by Crippen LogP contribution is -2.09. The van der Waals surface area contributed by atoms with Gasteiger partial charge in [-0.3, -0.25) is 4.79 Å². The summed E-state index contributed by atoms with van der Waals surface area (Å²) in [6, 6.07) is 9.83. The lowest BCUT2D eigenvalue weighted by atomic mass is 10.0. The Morgan fingerprint density at radius 2 is 2.07 bits per heavy atom. The number of aliphatic hydroxyl groups is 1. The summed E-state index contributed by atoms with van der Waals surface area (Å²) in [5.41, 5.74) is 1.78. The van der Waals surface area contributed by atoms with Gasteiger partial charge in [0.15, 0.2) is 0 Å². The second-order valence-corrected chi connectivity index (χ2v) is 3.65. The molecule has 0 saturated carbocycles. The molecule has 0 spiro atoms. The van der Waals surface area contributed by atoms with Crippen molar-refractivity contribution < 1.29 is 9.90 Å². The maximum Gasteiger partial charge on any atom is 0.145 e. The predicted molar refractivity (Wildman–Crippen MR) is 60.6 cm³/mol. The van der Waals surface area contributed by atoms with Gasteiger partial charge in [-0.25, -0.2) is 0 Å². The van der Waals surface area contributed by atoms with Crippen molar-refractivity contribution in [2.45, 2.75) is 25.9 Å². The third kappa shape index (κ3) is 4.56. The standard InChI is InChI=1S/C13H16O2/c1-11(10-14)7-8-13(15)9-12-5-3-2-4-6-12/h2-7,10,13,15H,8-9H2,1H3/b11-7+/t13-/m0/s1. The molecule has 0 aliphatic rings. The molecule has 1 N–H and O–H groups in total. The molecular formula is C13H16O2. The van der Waals surface area contributed by atoms with E-state index in [9.17, 15) is 9.90 Å². The normalized spacial score (nSPS) is 13.6. The van der Waals surface area contributed by atoms with E-state index in [0.29, 0.717) is 18.4 Å². The van der Waals surface area contributed by atoms with E-state index in [1.54, 1.807) is 13.0 Å². The minimum atomic E-state index is -0.415. The Hall–Kier alpha value is -1.41. The average Bonchev–Trinajstić information content (AvgIpc) is 2.27. The van der Waals surface area contributed by atoms with E-state index in [-0.39, 0.29) is 0 Å². The summed E-state index contributed by atoms with van der Waals surface area (Å²) in [5.74, 6) is 0. The quantitative estimate of drug-likeness (QED) is 0.589. The Morgan fingerprint density at radius 3 is 2.67 bits per heavy atom. The molecule has 0 aliphatic heterocycles. The SMILES string of the molecule is C/C(C=O)=C\C[C@H](O)Cc1ccccc1. The molecule has 0 bridgehead atoms. The maximum absolute atomic E-state index is 10.3. The molecule has 15 heavy (non-hydrogen) atoms. The van der Waals surface area contributed by atoms with Crippen LogP contribution in [-0.4, -0.2) is 17.5 Å². The highest BCUT2D eigenvalue weighted by atomic mass is 16.3. The topological polar surface area (TPSA) is 37.3 Å². The summed E-state index contributed by atoms with van der Waals surface area (Å²) in [6.45, 7) is 1.74. The van der Waals surface area contributed by atoms with Gasteiger partial charge in [-0.05, 0) is 30.9 Å². The molecule has 0 radical (unpaired) electrons. The zero-order valence-electron chi connectivity index (χ0n) is 8.89. The van der Waals surface area contributed by atoms with Crippen LogP contribution in [0.2, 0.25) is 0 Å². The van der Waals surface area contributed by atoms with Crippen molar-refractivity contribution in [2.24, 2.45) is 0 Å². The highest BCUT2D eigenvalue weighted by Gasteiger charge is 2.03. The first-order valence-electron chi connectivity index (χ1n) is 5.06. The molecule has 0 heterocycles. The number of benzene rings is 1. The number of carbonyl (C=O) groups is 1. The molecule has 0 aromatic heterocycles. The summed E-state index contributed by atoms with van der Waals surface area (Å²) in [5, 5.41) is 9.69. The van der Waals surface area contributed by atoms with Crippen molar-refractivity contribution in [3.8, 4) is 0 Å². The monoisotopic (exact) mass is 204 g/mol. The second kappa shape index (κ2) is 6.14. The highest BCUT2D eigenvalue weighted by Crippen LogP contribution is 2.06. The van der Waals surface area contributed by atoms with Crippen LogP contribution in [0.5, 0.6) is 0 Å². The van der Waals surface area contributed by atoms with Gasteiger partial charge in [-0.15, -0.1) is 0 Å². The number of carbonyl (C=O) groups excluding carboxylic acids is 1. The van der Waals surface area contributed by atoms with E-state index in [1.807, 2.05) is 30.3 Å². The zero-order valence-corrected chi connectivity index (χ0v) is 8.89. The molecule has 0 aliphatic carbocycles. The third-order valence-electron chi connectivity index (χ3n) is 2.21. The van der Waals surface area contributed by atoms with Crippen molar-refractivity contribution in [3.63, 3.8) is 0 Å². The summed E-state index contributed by atoms with van der Waals surface area (Å²) >= 11 is 0. The predicted octanol–water partition coefficient (Wildman–Crippen LogP) is 2.13. The zero-order chi connectivity index (χ0) is 11.1. The van der Waals surface area contributed by atoms with Crippen LogP contribution in [0.4, 0.5) is 0 Å². The highest BCUT2D eigenvalue weighted by molar-refractivity contribution is 5.71. The number of hydrogen-bond donors (Lipinski definition) is 1. The largest absolute Gasteiger partial charge is 0.392 e. The number of aliphatic hydroxyl groups excluding tert-OH is 1. The van der Waals surface area contributed by atoms with Crippen molar-refractivity contribution >= 4 is 6.29 Å². The molecule has 80 valence electrons. The maximum atomic E-state index is 10.3. The van der Waals surface area contributed by atoms with Crippen LogP contribution in [0.3, 0.4) is 0 Å². The van der Waals surface area contributed by atoms with Gasteiger partial charge in [0.2, 0.25) is 0 Å². The second-order valence-electron chi connectivity index (χ2n) is 3.65. The van der Waals surface area contributed by atoms with Crippen LogP contribution in [0.15, 0.2) is 42.0 Å². The van der Waals surface area contributed by atoms with Crippen LogP contribution >= 0.6 is 0 Å². The van der Waals surface area contributed by atoms with Crippen molar-refractivity contribution in [1.82, 2.24) is 0 Å². The Labute approximate surface area is 90.3 Å². The minimum Gasteiger partial charge on any atom is -0.392 e. The van der Waals surface area contributed by atoms with E-state index in [4.69, 9.17) is 0 Å². The number of rotatable bonds is 5. The van der Waals surface area contributed by atoms with Crippen molar-refractivity contribution in [2.75, 3.05) is 0 Å². The molecule has 0 fully saturated rings. The van der Waals surface area contributed by atoms with Gasteiger partial charge in [-0.1, -0.05) is 36.4 Å². The lowest BCUT2D eigenvalue weighted by molar-refractivity contribution is -0.104. The van der Waals surface area contributed by atoms with Crippen LogP contribution in [0, 0.1) is 0 Å². The fourth-order valence-corrected chi connectivity index (χ4v) is 1.34. The van der Waals surface area contributed by atoms with Gasteiger partial charge in [0, 0.05) is 0 Å². The van der Waals surface area contributed by atoms with Gasteiger partial charge in [0.1, 0.15) is 6.29 Å². The van der Waals surface area contributed by atoms with Crippen molar-refractivity contribution in [3.05, 3.63) is 47.5 Å².